The summed E-state index contributed by atoms with van der Waals surface area (Å²) in [5.74, 6) is 1.51. The lowest BCUT2D eigenvalue weighted by Crippen LogP contribution is -2.42. The molecule has 0 bridgehead atoms. The maximum atomic E-state index is 12.6. The van der Waals surface area contributed by atoms with E-state index in [9.17, 15) is 4.79 Å². The summed E-state index contributed by atoms with van der Waals surface area (Å²) < 4.78 is 1.97. The Balaban J connectivity index is 1.61. The van der Waals surface area contributed by atoms with E-state index in [-0.39, 0.29) is 5.91 Å². The maximum absolute atomic E-state index is 12.6. The smallest absolute Gasteiger partial charge is 0.233 e. The van der Waals surface area contributed by atoms with E-state index in [4.69, 9.17) is 0 Å². The highest BCUT2D eigenvalue weighted by atomic mass is 32.2. The van der Waals surface area contributed by atoms with E-state index in [1.165, 1.54) is 31.0 Å². The van der Waals surface area contributed by atoms with Crippen molar-refractivity contribution in [2.45, 2.75) is 50.2 Å². The molecule has 1 fully saturated rings. The van der Waals surface area contributed by atoms with Crippen LogP contribution in [0.1, 0.15) is 39.0 Å². The first-order valence-electron chi connectivity index (χ1n) is 8.56. The van der Waals surface area contributed by atoms with Crippen molar-refractivity contribution >= 4 is 29.0 Å². The van der Waals surface area contributed by atoms with Crippen LogP contribution >= 0.6 is 23.1 Å². The average molecular weight is 365 g/mol. The first-order chi connectivity index (χ1) is 11.7. The minimum Gasteiger partial charge on any atom is -0.339 e. The van der Waals surface area contributed by atoms with Crippen molar-refractivity contribution < 1.29 is 4.79 Å². The van der Waals surface area contributed by atoms with Gasteiger partial charge in [-0.1, -0.05) is 37.1 Å². The van der Waals surface area contributed by atoms with Gasteiger partial charge in [-0.3, -0.25) is 4.79 Å². The molecular weight excluding hydrogens is 340 g/mol. The third-order valence-electron chi connectivity index (χ3n) is 4.58. The van der Waals surface area contributed by atoms with Crippen molar-refractivity contribution in [2.75, 3.05) is 12.3 Å². The number of aromatic nitrogens is 3. The van der Waals surface area contributed by atoms with Gasteiger partial charge in [0.2, 0.25) is 5.91 Å². The minimum atomic E-state index is 0.218. The Labute approximate surface area is 151 Å². The monoisotopic (exact) mass is 364 g/mol. The number of hydrogen-bond acceptors (Lipinski definition) is 5. The number of nitrogens with zero attached hydrogens (tertiary/aromatic N) is 4. The molecule has 0 atom stereocenters. The predicted octanol–water partition coefficient (Wildman–Crippen LogP) is 3.82. The minimum absolute atomic E-state index is 0.218. The fraction of sp³-hybridized carbons (Fsp3) is 0.588. The van der Waals surface area contributed by atoms with Gasteiger partial charge in [0, 0.05) is 19.6 Å². The molecular formula is C17H24N4OS2. The molecule has 0 spiro atoms. The Morgan fingerprint density at radius 1 is 1.38 bits per heavy atom. The molecule has 0 aromatic carbocycles. The highest BCUT2D eigenvalue weighted by Gasteiger charge is 2.24. The van der Waals surface area contributed by atoms with Gasteiger partial charge >= 0.3 is 0 Å². The van der Waals surface area contributed by atoms with Crippen LogP contribution < -0.4 is 0 Å². The topological polar surface area (TPSA) is 51.0 Å². The number of hydrogen-bond donors (Lipinski definition) is 0. The number of thioether (sulfide) groups is 1. The molecule has 1 amide bonds. The van der Waals surface area contributed by atoms with Crippen molar-refractivity contribution in [3.63, 3.8) is 0 Å². The van der Waals surface area contributed by atoms with Crippen LogP contribution in [0, 0.1) is 0 Å². The summed E-state index contributed by atoms with van der Waals surface area (Å²) in [5, 5.41) is 11.4. The van der Waals surface area contributed by atoms with Gasteiger partial charge in [0.15, 0.2) is 11.0 Å². The van der Waals surface area contributed by atoms with E-state index in [1.807, 2.05) is 29.1 Å². The molecule has 0 unspecified atom stereocenters. The number of carbonyl (C=O) groups is 1. The van der Waals surface area contributed by atoms with E-state index in [2.05, 4.69) is 22.0 Å². The van der Waals surface area contributed by atoms with Crippen LogP contribution in [-0.4, -0.2) is 43.9 Å². The second kappa shape index (κ2) is 8.16. The second-order valence-electron chi connectivity index (χ2n) is 6.10. The van der Waals surface area contributed by atoms with Gasteiger partial charge in [-0.15, -0.1) is 21.5 Å². The van der Waals surface area contributed by atoms with Gasteiger partial charge in [0.25, 0.3) is 0 Å². The van der Waals surface area contributed by atoms with Gasteiger partial charge in [-0.25, -0.2) is 0 Å². The van der Waals surface area contributed by atoms with Gasteiger partial charge in [-0.2, -0.15) is 0 Å². The zero-order chi connectivity index (χ0) is 16.9. The van der Waals surface area contributed by atoms with E-state index >= 15 is 0 Å². The van der Waals surface area contributed by atoms with E-state index in [0.29, 0.717) is 11.8 Å². The average Bonchev–Trinajstić information content (AvgIpc) is 3.24. The normalized spacial score (nSPS) is 15.6. The largest absolute Gasteiger partial charge is 0.339 e. The first kappa shape index (κ1) is 17.5. The Hall–Kier alpha value is -1.34. The molecule has 2 aromatic heterocycles. The molecule has 1 saturated carbocycles. The van der Waals surface area contributed by atoms with Crippen molar-refractivity contribution in [3.8, 4) is 10.7 Å². The fourth-order valence-corrected chi connectivity index (χ4v) is 4.84. The van der Waals surface area contributed by atoms with E-state index in [1.54, 1.807) is 11.3 Å². The van der Waals surface area contributed by atoms with Crippen LogP contribution in [0.25, 0.3) is 10.7 Å². The Bertz CT molecular complexity index is 662. The van der Waals surface area contributed by atoms with Gasteiger partial charge in [0.1, 0.15) is 0 Å². The second-order valence-corrected chi connectivity index (χ2v) is 7.99. The SMILES string of the molecule is CCN(C(=O)CSc1nnc(-c2cccs2)n1C)C1CCCCC1. The summed E-state index contributed by atoms with van der Waals surface area (Å²) in [6, 6.07) is 4.47. The van der Waals surface area contributed by atoms with Crippen molar-refractivity contribution in [3.05, 3.63) is 17.5 Å². The molecule has 0 radical (unpaired) electrons. The fourth-order valence-electron chi connectivity index (χ4n) is 3.30. The highest BCUT2D eigenvalue weighted by Crippen LogP contribution is 2.27. The van der Waals surface area contributed by atoms with E-state index < -0.39 is 0 Å². The molecule has 0 saturated heterocycles. The molecule has 1 aliphatic rings. The lowest BCUT2D eigenvalue weighted by Gasteiger charge is -2.33. The van der Waals surface area contributed by atoms with Crippen LogP contribution in [0.4, 0.5) is 0 Å². The third-order valence-corrected chi connectivity index (χ3v) is 6.45. The lowest BCUT2D eigenvalue weighted by molar-refractivity contribution is -0.131. The predicted molar refractivity (Wildman–Crippen MR) is 99.3 cm³/mol. The Morgan fingerprint density at radius 3 is 2.83 bits per heavy atom. The molecule has 7 heteroatoms. The first-order valence-corrected chi connectivity index (χ1v) is 10.4. The quantitative estimate of drug-likeness (QED) is 0.731. The summed E-state index contributed by atoms with van der Waals surface area (Å²) >= 11 is 3.13. The Kier molecular flexibility index (Phi) is 5.94. The number of amides is 1. The van der Waals surface area contributed by atoms with Crippen LogP contribution in [0.15, 0.2) is 22.7 Å². The van der Waals surface area contributed by atoms with E-state index in [0.717, 1.165) is 35.2 Å². The number of carbonyl (C=O) groups excluding carboxylic acids is 1. The molecule has 24 heavy (non-hydrogen) atoms. The molecule has 130 valence electrons. The van der Waals surface area contributed by atoms with Crippen LogP contribution in [0.3, 0.4) is 0 Å². The van der Waals surface area contributed by atoms with Crippen molar-refractivity contribution in [2.24, 2.45) is 7.05 Å². The molecule has 5 nitrogen and oxygen atoms in total. The van der Waals surface area contributed by atoms with Gasteiger partial charge < -0.3 is 9.47 Å². The zero-order valence-corrected chi connectivity index (χ0v) is 15.9. The number of rotatable bonds is 6. The zero-order valence-electron chi connectivity index (χ0n) is 14.3. The van der Waals surface area contributed by atoms with Crippen molar-refractivity contribution in [1.82, 2.24) is 19.7 Å². The maximum Gasteiger partial charge on any atom is 0.233 e. The van der Waals surface area contributed by atoms with Gasteiger partial charge in [0.05, 0.1) is 10.6 Å². The van der Waals surface area contributed by atoms with Gasteiger partial charge in [-0.05, 0) is 31.2 Å². The number of thiophene rings is 1. The summed E-state index contributed by atoms with van der Waals surface area (Å²) in [7, 11) is 1.96. The van der Waals surface area contributed by atoms with Crippen LogP contribution in [0.2, 0.25) is 0 Å². The molecule has 3 rings (SSSR count). The lowest BCUT2D eigenvalue weighted by atomic mass is 9.94. The molecule has 0 N–H and O–H groups in total. The molecule has 0 aliphatic heterocycles. The summed E-state index contributed by atoms with van der Waals surface area (Å²) in [6.45, 7) is 2.87. The molecule has 2 heterocycles. The summed E-state index contributed by atoms with van der Waals surface area (Å²) in [6.07, 6.45) is 6.10. The third kappa shape index (κ3) is 3.83. The Morgan fingerprint density at radius 2 is 2.17 bits per heavy atom. The highest BCUT2D eigenvalue weighted by molar-refractivity contribution is 7.99. The van der Waals surface area contributed by atoms with Crippen LogP contribution in [-0.2, 0) is 11.8 Å². The molecule has 2 aromatic rings. The standard InChI is InChI=1S/C17H24N4OS2/c1-3-21(13-8-5-4-6-9-13)15(22)12-24-17-19-18-16(20(17)2)14-10-7-11-23-14/h7,10-11,13H,3-6,8-9,12H2,1-2H3. The van der Waals surface area contributed by atoms with Crippen LogP contribution in [0.5, 0.6) is 0 Å². The summed E-state index contributed by atoms with van der Waals surface area (Å²) in [4.78, 5) is 15.8. The summed E-state index contributed by atoms with van der Waals surface area (Å²) in [5.41, 5.74) is 0. The molecule has 1 aliphatic carbocycles. The van der Waals surface area contributed by atoms with Crippen molar-refractivity contribution in [1.29, 1.82) is 0 Å².